The van der Waals surface area contributed by atoms with E-state index in [-0.39, 0.29) is 29.5 Å². The first-order chi connectivity index (χ1) is 12.8. The zero-order chi connectivity index (χ0) is 19.4. The number of fused-ring (bicyclic) bond motifs is 5. The summed E-state index contributed by atoms with van der Waals surface area (Å²) >= 11 is 0. The maximum atomic E-state index is 11.2. The maximum Gasteiger partial charge on any atom is 0.303 e. The summed E-state index contributed by atoms with van der Waals surface area (Å²) in [6.45, 7) is 4.90. The van der Waals surface area contributed by atoms with E-state index in [2.05, 4.69) is 13.8 Å². The highest BCUT2D eigenvalue weighted by molar-refractivity contribution is 5.66. The number of rotatable bonds is 4. The Morgan fingerprint density at radius 3 is 2.41 bits per heavy atom. The molecule has 0 amide bonds. The highest BCUT2D eigenvalue weighted by atomic mass is 16.4. The average molecular weight is 379 g/mol. The molecule has 0 saturated heterocycles. The van der Waals surface area contributed by atoms with E-state index in [1.165, 1.54) is 25.7 Å². The van der Waals surface area contributed by atoms with Gasteiger partial charge in [0, 0.05) is 6.42 Å². The molecule has 4 saturated carbocycles. The van der Waals surface area contributed by atoms with Gasteiger partial charge in [-0.25, -0.2) is 0 Å². The quantitative estimate of drug-likeness (QED) is 0.684. The zero-order valence-corrected chi connectivity index (χ0v) is 17.1. The third-order valence-corrected chi connectivity index (χ3v) is 9.80. The summed E-state index contributed by atoms with van der Waals surface area (Å²) < 4.78 is 0. The van der Waals surface area contributed by atoms with E-state index in [1.54, 1.807) is 0 Å². The second kappa shape index (κ2) is 7.02. The van der Waals surface area contributed by atoms with Gasteiger partial charge in [0.1, 0.15) is 0 Å². The summed E-state index contributed by atoms with van der Waals surface area (Å²) in [4.78, 5) is 10.9. The summed E-state index contributed by atoms with van der Waals surface area (Å²) in [5.74, 6) is 1.99. The van der Waals surface area contributed by atoms with E-state index < -0.39 is 5.97 Å². The van der Waals surface area contributed by atoms with Crippen LogP contribution in [0.4, 0.5) is 0 Å². The van der Waals surface area contributed by atoms with Crippen LogP contribution in [0.25, 0.3) is 0 Å². The molecule has 4 fully saturated rings. The first-order valence-electron chi connectivity index (χ1n) is 11.3. The fourth-order valence-corrected chi connectivity index (χ4v) is 8.28. The molecule has 3 N–H and O–H groups in total. The van der Waals surface area contributed by atoms with Crippen LogP contribution in [0.15, 0.2) is 0 Å². The second-order valence-corrected chi connectivity index (χ2v) is 10.8. The van der Waals surface area contributed by atoms with Crippen LogP contribution in [-0.2, 0) is 4.79 Å². The largest absolute Gasteiger partial charge is 0.481 e. The smallest absolute Gasteiger partial charge is 0.303 e. The fourth-order valence-electron chi connectivity index (χ4n) is 8.28. The molecule has 0 bridgehead atoms. The first-order valence-corrected chi connectivity index (χ1v) is 11.3. The minimum atomic E-state index is -0.681. The lowest BCUT2D eigenvalue weighted by atomic mass is 9.44. The van der Waals surface area contributed by atoms with Crippen LogP contribution >= 0.6 is 0 Å². The van der Waals surface area contributed by atoms with Crippen molar-refractivity contribution in [3.05, 3.63) is 0 Å². The van der Waals surface area contributed by atoms with Crippen molar-refractivity contribution in [2.24, 2.45) is 40.4 Å². The third-order valence-electron chi connectivity index (χ3n) is 9.80. The predicted molar refractivity (Wildman–Crippen MR) is 104 cm³/mol. The Morgan fingerprint density at radius 2 is 1.67 bits per heavy atom. The number of aliphatic hydroxyl groups excluding tert-OH is 2. The molecule has 0 aliphatic heterocycles. The second-order valence-electron chi connectivity index (χ2n) is 10.8. The molecule has 27 heavy (non-hydrogen) atoms. The van der Waals surface area contributed by atoms with Crippen molar-refractivity contribution >= 4 is 5.97 Å². The van der Waals surface area contributed by atoms with Crippen LogP contribution in [0.5, 0.6) is 0 Å². The van der Waals surface area contributed by atoms with Crippen molar-refractivity contribution in [2.75, 3.05) is 0 Å². The van der Waals surface area contributed by atoms with Crippen molar-refractivity contribution in [3.63, 3.8) is 0 Å². The molecule has 0 aromatic heterocycles. The normalized spacial score (nSPS) is 51.9. The van der Waals surface area contributed by atoms with Gasteiger partial charge < -0.3 is 15.3 Å². The molecule has 9 atom stereocenters. The Hall–Kier alpha value is -0.610. The Bertz CT molecular complexity index is 577. The van der Waals surface area contributed by atoms with E-state index in [9.17, 15) is 15.0 Å². The number of carbonyl (C=O) groups is 1. The highest BCUT2D eigenvalue weighted by Gasteiger charge is 2.62. The minimum Gasteiger partial charge on any atom is -0.481 e. The summed E-state index contributed by atoms with van der Waals surface area (Å²) in [6.07, 6.45) is 10.3. The van der Waals surface area contributed by atoms with Gasteiger partial charge in [0.25, 0.3) is 0 Å². The van der Waals surface area contributed by atoms with Crippen molar-refractivity contribution in [1.82, 2.24) is 0 Å². The van der Waals surface area contributed by atoms with Gasteiger partial charge in [0.05, 0.1) is 12.2 Å². The standard InChI is InChI=1S/C23H38O4/c1-22-11-9-18-21(17(22)7-6-14(22)4-3-5-20(26)27)19(25)13-15-12-16(24)8-10-23(15,18)2/h14-19,21,24-25H,3-13H2,1-2H3,(H,26,27)/t14-,15-,16+,17?,18?,19+,21-,22+,23-/m0/s1. The van der Waals surface area contributed by atoms with Crippen LogP contribution in [0.2, 0.25) is 0 Å². The van der Waals surface area contributed by atoms with Crippen molar-refractivity contribution < 1.29 is 20.1 Å². The van der Waals surface area contributed by atoms with Crippen LogP contribution in [0.3, 0.4) is 0 Å². The van der Waals surface area contributed by atoms with Crippen LogP contribution in [0, 0.1) is 40.4 Å². The topological polar surface area (TPSA) is 77.8 Å². The lowest BCUT2D eigenvalue weighted by Gasteiger charge is -2.62. The van der Waals surface area contributed by atoms with Crippen LogP contribution < -0.4 is 0 Å². The third kappa shape index (κ3) is 3.15. The van der Waals surface area contributed by atoms with Gasteiger partial charge in [0.2, 0.25) is 0 Å². The lowest BCUT2D eigenvalue weighted by Crippen LogP contribution is -2.58. The molecule has 0 aromatic rings. The molecule has 4 aliphatic rings. The minimum absolute atomic E-state index is 0.175. The molecule has 4 rings (SSSR count). The molecule has 0 spiro atoms. The van der Waals surface area contributed by atoms with Gasteiger partial charge in [0.15, 0.2) is 0 Å². The maximum absolute atomic E-state index is 11.2. The summed E-state index contributed by atoms with van der Waals surface area (Å²) in [5.41, 5.74) is 0.559. The van der Waals surface area contributed by atoms with Gasteiger partial charge in [-0.05, 0) is 105 Å². The molecule has 154 valence electrons. The molecule has 4 nitrogen and oxygen atoms in total. The number of carboxylic acid groups (broad SMARTS) is 1. The highest BCUT2D eigenvalue weighted by Crippen LogP contribution is 2.67. The molecule has 2 unspecified atom stereocenters. The van der Waals surface area contributed by atoms with E-state index in [0.717, 1.165) is 38.5 Å². The number of hydrogen-bond acceptors (Lipinski definition) is 3. The average Bonchev–Trinajstić information content (AvgIpc) is 2.93. The molecule has 0 heterocycles. The number of carboxylic acids is 1. The van der Waals surface area contributed by atoms with E-state index in [0.29, 0.717) is 29.6 Å². The van der Waals surface area contributed by atoms with Gasteiger partial charge in [-0.2, -0.15) is 0 Å². The monoisotopic (exact) mass is 378 g/mol. The van der Waals surface area contributed by atoms with Crippen LogP contribution in [0.1, 0.15) is 84.5 Å². The first kappa shape index (κ1) is 19.7. The molecule has 4 heteroatoms. The van der Waals surface area contributed by atoms with E-state index >= 15 is 0 Å². The Labute approximate surface area is 163 Å². The summed E-state index contributed by atoms with van der Waals surface area (Å²) in [5, 5.41) is 30.3. The van der Waals surface area contributed by atoms with Gasteiger partial charge >= 0.3 is 5.97 Å². The Morgan fingerprint density at radius 1 is 0.963 bits per heavy atom. The molecule has 0 aromatic carbocycles. The lowest BCUT2D eigenvalue weighted by molar-refractivity contribution is -0.172. The van der Waals surface area contributed by atoms with Gasteiger partial charge in [-0.1, -0.05) is 13.8 Å². The number of hydrogen-bond donors (Lipinski definition) is 3. The zero-order valence-electron chi connectivity index (χ0n) is 17.1. The van der Waals surface area contributed by atoms with Crippen molar-refractivity contribution in [3.8, 4) is 0 Å². The van der Waals surface area contributed by atoms with Crippen molar-refractivity contribution in [2.45, 2.75) is 96.7 Å². The summed E-state index contributed by atoms with van der Waals surface area (Å²) in [6, 6.07) is 0. The summed E-state index contributed by atoms with van der Waals surface area (Å²) in [7, 11) is 0. The van der Waals surface area contributed by atoms with Crippen molar-refractivity contribution in [1.29, 1.82) is 0 Å². The van der Waals surface area contributed by atoms with Gasteiger partial charge in [-0.15, -0.1) is 0 Å². The number of aliphatic hydroxyl groups is 2. The molecule has 0 radical (unpaired) electrons. The SMILES string of the molecule is C[C@]12CCC3[C@H](C1CC[C@@H]2CCCC(=O)O)[C@H](O)C[C@@H]1C[C@H](O)CC[C@]31C. The van der Waals surface area contributed by atoms with Crippen LogP contribution in [-0.4, -0.2) is 33.5 Å². The Kier molecular flexibility index (Phi) is 5.12. The van der Waals surface area contributed by atoms with Gasteiger partial charge in [-0.3, -0.25) is 4.79 Å². The van der Waals surface area contributed by atoms with E-state index in [1.807, 2.05) is 0 Å². The fraction of sp³-hybridized carbons (Fsp3) is 0.957. The molecule has 4 aliphatic carbocycles. The molecular formula is C23H38O4. The Balaban J connectivity index is 1.53. The van der Waals surface area contributed by atoms with E-state index in [4.69, 9.17) is 5.11 Å². The predicted octanol–water partition coefficient (Wildman–Crippen LogP) is 4.23. The molecular weight excluding hydrogens is 340 g/mol. The number of aliphatic carboxylic acids is 1.